The van der Waals surface area contributed by atoms with Crippen molar-refractivity contribution in [2.24, 2.45) is 11.8 Å². The molecule has 0 radical (unpaired) electrons. The monoisotopic (exact) mass is 203 g/mol. The number of nitrogens with one attached hydrogen (secondary N) is 1. The Morgan fingerprint density at radius 3 is 2.46 bits per heavy atom. The normalized spacial score (nSPS) is 13.6. The summed E-state index contributed by atoms with van der Waals surface area (Å²) in [5.41, 5.74) is 0. The number of rotatable bonds is 8. The molecule has 0 amide bonds. The fourth-order valence-electron chi connectivity index (χ4n) is 0.937. The number of hydrogen-bond acceptors (Lipinski definition) is 2. The highest BCUT2D eigenvalue weighted by molar-refractivity contribution is 7.99. The molecule has 0 aliphatic carbocycles. The lowest BCUT2D eigenvalue weighted by Crippen LogP contribution is -2.22. The molecule has 0 aromatic heterocycles. The van der Waals surface area contributed by atoms with Crippen molar-refractivity contribution >= 4 is 11.8 Å². The van der Waals surface area contributed by atoms with E-state index in [1.807, 2.05) is 0 Å². The van der Waals surface area contributed by atoms with Gasteiger partial charge in [0.05, 0.1) is 0 Å². The van der Waals surface area contributed by atoms with Gasteiger partial charge in [0, 0.05) is 12.3 Å². The zero-order valence-electron chi connectivity index (χ0n) is 9.60. The minimum Gasteiger partial charge on any atom is -0.316 e. The lowest BCUT2D eigenvalue weighted by Gasteiger charge is -2.09. The van der Waals surface area contributed by atoms with E-state index in [2.05, 4.69) is 44.8 Å². The quantitative estimate of drug-likeness (QED) is 0.609. The smallest absolute Gasteiger partial charge is 0.00582 e. The first-order valence-electron chi connectivity index (χ1n) is 5.45. The van der Waals surface area contributed by atoms with Gasteiger partial charge in [0.25, 0.3) is 0 Å². The van der Waals surface area contributed by atoms with Gasteiger partial charge in [-0.25, -0.2) is 0 Å². The molecule has 0 aromatic rings. The minimum atomic E-state index is 0.777. The summed E-state index contributed by atoms with van der Waals surface area (Å²) in [6.45, 7) is 11.4. The van der Waals surface area contributed by atoms with Crippen LogP contribution in [-0.4, -0.2) is 24.6 Å². The van der Waals surface area contributed by atoms with E-state index in [-0.39, 0.29) is 0 Å². The second kappa shape index (κ2) is 8.89. The highest BCUT2D eigenvalue weighted by Gasteiger charge is 1.98. The summed E-state index contributed by atoms with van der Waals surface area (Å²) in [6.07, 6.45) is 1.31. The molecule has 1 unspecified atom stereocenters. The van der Waals surface area contributed by atoms with Crippen LogP contribution in [0.1, 0.15) is 34.1 Å². The molecular weight excluding hydrogens is 178 g/mol. The molecule has 0 rings (SSSR count). The van der Waals surface area contributed by atoms with E-state index < -0.39 is 0 Å². The Morgan fingerprint density at radius 1 is 1.23 bits per heavy atom. The summed E-state index contributed by atoms with van der Waals surface area (Å²) in [6, 6.07) is 0. The molecule has 0 fully saturated rings. The van der Waals surface area contributed by atoms with E-state index >= 15 is 0 Å². The summed E-state index contributed by atoms with van der Waals surface area (Å²) < 4.78 is 0. The molecular formula is C11H25NS. The van der Waals surface area contributed by atoms with Crippen LogP contribution in [0, 0.1) is 11.8 Å². The van der Waals surface area contributed by atoms with Gasteiger partial charge in [-0.2, -0.15) is 11.8 Å². The molecule has 0 aromatic carbocycles. The van der Waals surface area contributed by atoms with E-state index in [4.69, 9.17) is 0 Å². The molecule has 0 bridgehead atoms. The fourth-order valence-corrected chi connectivity index (χ4v) is 2.03. The SMILES string of the molecule is CCC(C)CSCCNCC(C)C. The second-order valence-electron chi connectivity index (χ2n) is 4.19. The Bertz CT molecular complexity index is 104. The Kier molecular flexibility index (Phi) is 9.10. The molecule has 0 saturated carbocycles. The predicted octanol–water partition coefficient (Wildman–Crippen LogP) is 3.01. The van der Waals surface area contributed by atoms with Gasteiger partial charge in [0.1, 0.15) is 0 Å². The first-order chi connectivity index (χ1) is 6.16. The van der Waals surface area contributed by atoms with Crippen LogP contribution in [0.25, 0.3) is 0 Å². The van der Waals surface area contributed by atoms with Crippen molar-refractivity contribution in [1.82, 2.24) is 5.32 Å². The van der Waals surface area contributed by atoms with E-state index in [1.165, 1.54) is 24.5 Å². The van der Waals surface area contributed by atoms with Crippen molar-refractivity contribution in [3.8, 4) is 0 Å². The van der Waals surface area contributed by atoms with Gasteiger partial charge >= 0.3 is 0 Å². The van der Waals surface area contributed by atoms with Gasteiger partial charge in [-0.05, 0) is 24.1 Å². The standard InChI is InChI=1S/C11H25NS/c1-5-11(4)9-13-7-6-12-8-10(2)3/h10-12H,5-9H2,1-4H3. The summed E-state index contributed by atoms with van der Waals surface area (Å²) in [4.78, 5) is 0. The average Bonchev–Trinajstić information content (AvgIpc) is 2.10. The molecule has 0 saturated heterocycles. The Morgan fingerprint density at radius 2 is 1.92 bits per heavy atom. The van der Waals surface area contributed by atoms with Crippen molar-refractivity contribution in [3.05, 3.63) is 0 Å². The van der Waals surface area contributed by atoms with Gasteiger partial charge in [0.2, 0.25) is 0 Å². The third kappa shape index (κ3) is 10.2. The van der Waals surface area contributed by atoms with Crippen molar-refractivity contribution < 1.29 is 0 Å². The third-order valence-corrected chi connectivity index (χ3v) is 3.37. The largest absolute Gasteiger partial charge is 0.316 e. The van der Waals surface area contributed by atoms with Crippen LogP contribution in [-0.2, 0) is 0 Å². The van der Waals surface area contributed by atoms with Crippen molar-refractivity contribution in [3.63, 3.8) is 0 Å². The maximum atomic E-state index is 3.46. The molecule has 0 spiro atoms. The van der Waals surface area contributed by atoms with Gasteiger partial charge in [0.15, 0.2) is 0 Å². The second-order valence-corrected chi connectivity index (χ2v) is 5.34. The molecule has 0 heterocycles. The van der Waals surface area contributed by atoms with Crippen LogP contribution in [0.4, 0.5) is 0 Å². The Balaban J connectivity index is 2.99. The molecule has 0 aliphatic heterocycles. The highest BCUT2D eigenvalue weighted by atomic mass is 32.2. The first kappa shape index (κ1) is 13.3. The summed E-state index contributed by atoms with van der Waals surface area (Å²) in [7, 11) is 0. The maximum absolute atomic E-state index is 3.46. The van der Waals surface area contributed by atoms with Gasteiger partial charge < -0.3 is 5.32 Å². The predicted molar refractivity (Wildman–Crippen MR) is 64.5 cm³/mol. The molecule has 1 nitrogen and oxygen atoms in total. The van der Waals surface area contributed by atoms with Crippen LogP contribution in [0.3, 0.4) is 0 Å². The zero-order chi connectivity index (χ0) is 10.1. The number of thioether (sulfide) groups is 1. The molecule has 80 valence electrons. The van der Waals surface area contributed by atoms with Crippen LogP contribution < -0.4 is 5.32 Å². The number of hydrogen-bond donors (Lipinski definition) is 1. The summed E-state index contributed by atoms with van der Waals surface area (Å²) in [5.74, 6) is 4.24. The lowest BCUT2D eigenvalue weighted by atomic mass is 10.2. The topological polar surface area (TPSA) is 12.0 Å². The first-order valence-corrected chi connectivity index (χ1v) is 6.60. The Hall–Kier alpha value is 0.310. The van der Waals surface area contributed by atoms with Crippen molar-refractivity contribution in [1.29, 1.82) is 0 Å². The van der Waals surface area contributed by atoms with Gasteiger partial charge in [-0.3, -0.25) is 0 Å². The summed E-state index contributed by atoms with van der Waals surface area (Å²) in [5, 5.41) is 3.46. The van der Waals surface area contributed by atoms with Crippen molar-refractivity contribution in [2.75, 3.05) is 24.6 Å². The minimum absolute atomic E-state index is 0.777. The van der Waals surface area contributed by atoms with Crippen LogP contribution in [0.2, 0.25) is 0 Å². The van der Waals surface area contributed by atoms with E-state index in [0.29, 0.717) is 0 Å². The summed E-state index contributed by atoms with van der Waals surface area (Å²) >= 11 is 2.08. The van der Waals surface area contributed by atoms with Crippen LogP contribution in [0.15, 0.2) is 0 Å². The van der Waals surface area contributed by atoms with E-state index in [1.54, 1.807) is 0 Å². The lowest BCUT2D eigenvalue weighted by molar-refractivity contribution is 0.568. The molecule has 0 aliphatic rings. The third-order valence-electron chi connectivity index (χ3n) is 2.08. The van der Waals surface area contributed by atoms with Crippen LogP contribution >= 0.6 is 11.8 Å². The Labute approximate surface area is 88.1 Å². The van der Waals surface area contributed by atoms with Gasteiger partial charge in [-0.15, -0.1) is 0 Å². The maximum Gasteiger partial charge on any atom is 0.00582 e. The average molecular weight is 203 g/mol. The van der Waals surface area contributed by atoms with Crippen LogP contribution in [0.5, 0.6) is 0 Å². The molecule has 1 N–H and O–H groups in total. The van der Waals surface area contributed by atoms with E-state index in [0.717, 1.165) is 18.4 Å². The van der Waals surface area contributed by atoms with Gasteiger partial charge in [-0.1, -0.05) is 34.1 Å². The fraction of sp³-hybridized carbons (Fsp3) is 1.00. The van der Waals surface area contributed by atoms with E-state index in [9.17, 15) is 0 Å². The van der Waals surface area contributed by atoms with Crippen molar-refractivity contribution in [2.45, 2.75) is 34.1 Å². The molecule has 2 heteroatoms. The zero-order valence-corrected chi connectivity index (χ0v) is 10.4. The highest BCUT2D eigenvalue weighted by Crippen LogP contribution is 2.10. The molecule has 13 heavy (non-hydrogen) atoms. The molecule has 1 atom stereocenters.